The molecular formula is C24H24N3O2+. The molecule has 2 aromatic heterocycles. The second kappa shape index (κ2) is 8.19. The fourth-order valence-corrected chi connectivity index (χ4v) is 3.42. The minimum absolute atomic E-state index is 0.188. The number of H-pyrrole nitrogens is 1. The minimum atomic E-state index is -0.268. The van der Waals surface area contributed by atoms with Crippen molar-refractivity contribution < 1.29 is 14.8 Å². The monoisotopic (exact) mass is 386 g/mol. The number of anilines is 1. The van der Waals surface area contributed by atoms with E-state index in [4.69, 9.17) is 4.74 Å². The lowest BCUT2D eigenvalue weighted by Crippen LogP contribution is -2.19. The number of hydrogen-bond donors (Lipinski definition) is 2. The van der Waals surface area contributed by atoms with Crippen LogP contribution < -0.4 is 15.0 Å². The highest BCUT2D eigenvalue weighted by Gasteiger charge is 2.24. The Labute approximate surface area is 170 Å². The number of nitrogens with zero attached hydrogens (tertiary/aromatic N) is 1. The summed E-state index contributed by atoms with van der Waals surface area (Å²) in [7, 11) is 0. The van der Waals surface area contributed by atoms with Crippen molar-refractivity contribution in [1.29, 1.82) is 0 Å². The van der Waals surface area contributed by atoms with E-state index in [9.17, 15) is 5.11 Å². The third-order valence-electron chi connectivity index (χ3n) is 4.85. The zero-order chi connectivity index (χ0) is 20.2. The molecule has 0 bridgehead atoms. The maximum Gasteiger partial charge on any atom is 0.272 e. The first-order chi connectivity index (χ1) is 14.2. The topological polar surface area (TPSA) is 68.5 Å². The van der Waals surface area contributed by atoms with E-state index in [2.05, 4.69) is 15.3 Å². The number of pyridine rings is 2. The Kier molecular flexibility index (Phi) is 5.29. The maximum absolute atomic E-state index is 11.1. The van der Waals surface area contributed by atoms with Crippen LogP contribution in [0.1, 0.15) is 29.8 Å². The Balaban J connectivity index is 1.81. The number of phenolic OH excluding ortho intramolecular Hbond substituents is 1. The smallest absolute Gasteiger partial charge is 0.272 e. The van der Waals surface area contributed by atoms with Crippen LogP contribution in [0.15, 0.2) is 72.9 Å². The van der Waals surface area contributed by atoms with Gasteiger partial charge in [-0.1, -0.05) is 30.3 Å². The molecule has 0 unspecified atom stereocenters. The van der Waals surface area contributed by atoms with Crippen LogP contribution >= 0.6 is 0 Å². The molecule has 2 heterocycles. The van der Waals surface area contributed by atoms with E-state index in [0.717, 1.165) is 33.8 Å². The average molecular weight is 386 g/mol. The first-order valence-electron chi connectivity index (χ1n) is 9.71. The highest BCUT2D eigenvalue weighted by Crippen LogP contribution is 2.36. The molecule has 0 saturated heterocycles. The van der Waals surface area contributed by atoms with Crippen LogP contribution in [0.2, 0.25) is 0 Å². The summed E-state index contributed by atoms with van der Waals surface area (Å²) in [6.45, 7) is 4.51. The fourth-order valence-electron chi connectivity index (χ4n) is 3.42. The number of nitrogens with one attached hydrogen (secondary N) is 2. The number of benzene rings is 2. The van der Waals surface area contributed by atoms with Gasteiger partial charge in [0.1, 0.15) is 23.1 Å². The number of aryl methyl sites for hydroxylation is 1. The number of phenols is 1. The van der Waals surface area contributed by atoms with Gasteiger partial charge in [0.15, 0.2) is 0 Å². The zero-order valence-corrected chi connectivity index (χ0v) is 16.5. The Morgan fingerprint density at radius 1 is 1.03 bits per heavy atom. The van der Waals surface area contributed by atoms with Crippen LogP contribution in [-0.4, -0.2) is 16.7 Å². The van der Waals surface area contributed by atoms with Crippen LogP contribution in [0, 0.1) is 6.92 Å². The number of aromatic hydroxyl groups is 1. The number of hydrogen-bond acceptors (Lipinski definition) is 4. The molecule has 0 saturated carbocycles. The van der Waals surface area contributed by atoms with Crippen LogP contribution in [0.5, 0.6) is 11.5 Å². The van der Waals surface area contributed by atoms with Crippen molar-refractivity contribution in [1.82, 2.24) is 4.98 Å². The highest BCUT2D eigenvalue weighted by atomic mass is 16.5. The predicted molar refractivity (Wildman–Crippen MR) is 114 cm³/mol. The molecule has 0 aliphatic carbocycles. The molecule has 0 aliphatic heterocycles. The van der Waals surface area contributed by atoms with Gasteiger partial charge in [0.2, 0.25) is 0 Å². The lowest BCUT2D eigenvalue weighted by molar-refractivity contribution is -0.361. The van der Waals surface area contributed by atoms with Crippen LogP contribution in [0.3, 0.4) is 0 Å². The highest BCUT2D eigenvalue weighted by molar-refractivity contribution is 5.86. The zero-order valence-electron chi connectivity index (χ0n) is 16.5. The molecule has 5 nitrogen and oxygen atoms in total. The van der Waals surface area contributed by atoms with Gasteiger partial charge in [-0.2, -0.15) is 0 Å². The van der Waals surface area contributed by atoms with E-state index < -0.39 is 0 Å². The minimum Gasteiger partial charge on any atom is -0.505 e. The average Bonchev–Trinajstić information content (AvgIpc) is 2.75. The van der Waals surface area contributed by atoms with Gasteiger partial charge in [-0.05, 0) is 44.2 Å². The van der Waals surface area contributed by atoms with Crippen molar-refractivity contribution in [3.8, 4) is 11.5 Å². The third-order valence-corrected chi connectivity index (χ3v) is 4.85. The van der Waals surface area contributed by atoms with Crippen molar-refractivity contribution >= 4 is 16.7 Å². The molecule has 5 heteroatoms. The Bertz CT molecular complexity index is 1110. The summed E-state index contributed by atoms with van der Waals surface area (Å²) >= 11 is 0. The molecule has 0 spiro atoms. The number of fused-ring (bicyclic) bond motifs is 1. The molecular weight excluding hydrogens is 362 g/mol. The normalized spacial score (nSPS) is 11.9. The van der Waals surface area contributed by atoms with Gasteiger partial charge >= 0.3 is 0 Å². The molecule has 0 fully saturated rings. The second-order valence-corrected chi connectivity index (χ2v) is 6.88. The van der Waals surface area contributed by atoms with E-state index in [1.807, 2.05) is 86.8 Å². The quantitative estimate of drug-likeness (QED) is 0.506. The standard InChI is InChI=1S/C24H23N3O2/c1-3-29-19-12-9-17(10-13-19)22(27-21-6-4-5-15-25-21)20-14-11-18-8-7-16(2)26-23(18)24(20)28/h4-15,22,28H,3H2,1-2H3,(H,25,27)/p+1/t22-/m0/s1. The van der Waals surface area contributed by atoms with E-state index in [1.165, 1.54) is 0 Å². The summed E-state index contributed by atoms with van der Waals surface area (Å²) in [5, 5.41) is 15.5. The van der Waals surface area contributed by atoms with E-state index in [1.54, 1.807) is 0 Å². The van der Waals surface area contributed by atoms with E-state index in [0.29, 0.717) is 12.1 Å². The van der Waals surface area contributed by atoms with Gasteiger partial charge in [-0.25, -0.2) is 9.97 Å². The number of aromatic amines is 1. The van der Waals surface area contributed by atoms with Gasteiger partial charge in [0.05, 0.1) is 12.8 Å². The molecule has 2 aromatic carbocycles. The number of aromatic nitrogens is 2. The largest absolute Gasteiger partial charge is 0.505 e. The molecule has 29 heavy (non-hydrogen) atoms. The molecule has 0 radical (unpaired) electrons. The van der Waals surface area contributed by atoms with Crippen molar-refractivity contribution in [3.05, 3.63) is 89.7 Å². The number of ether oxygens (including phenoxy) is 1. The summed E-state index contributed by atoms with van der Waals surface area (Å²) in [5.74, 6) is 1.86. The van der Waals surface area contributed by atoms with Crippen LogP contribution in [-0.2, 0) is 0 Å². The Morgan fingerprint density at radius 3 is 2.55 bits per heavy atom. The fraction of sp³-hybridized carbons (Fsp3) is 0.167. The molecule has 4 rings (SSSR count). The van der Waals surface area contributed by atoms with Gasteiger partial charge in [0, 0.05) is 28.3 Å². The third kappa shape index (κ3) is 3.99. The van der Waals surface area contributed by atoms with Gasteiger partial charge in [0.25, 0.3) is 5.82 Å². The Morgan fingerprint density at radius 2 is 1.83 bits per heavy atom. The molecule has 146 valence electrons. The van der Waals surface area contributed by atoms with E-state index >= 15 is 0 Å². The van der Waals surface area contributed by atoms with Crippen LogP contribution in [0.4, 0.5) is 5.82 Å². The van der Waals surface area contributed by atoms with Crippen molar-refractivity contribution in [2.45, 2.75) is 19.9 Å². The summed E-state index contributed by atoms with van der Waals surface area (Å²) in [6.07, 6.45) is 1.86. The molecule has 0 amide bonds. The number of rotatable bonds is 6. The van der Waals surface area contributed by atoms with Gasteiger partial charge in [-0.15, -0.1) is 0 Å². The van der Waals surface area contributed by atoms with Crippen molar-refractivity contribution in [2.75, 3.05) is 11.9 Å². The summed E-state index contributed by atoms with van der Waals surface area (Å²) < 4.78 is 5.57. The first kappa shape index (κ1) is 18.7. The molecule has 0 aliphatic rings. The second-order valence-electron chi connectivity index (χ2n) is 6.88. The van der Waals surface area contributed by atoms with Crippen molar-refractivity contribution in [3.63, 3.8) is 0 Å². The lowest BCUT2D eigenvalue weighted by Gasteiger charge is -2.18. The molecule has 1 atom stereocenters. The maximum atomic E-state index is 11.1. The van der Waals surface area contributed by atoms with Gasteiger partial charge in [-0.3, -0.25) is 5.32 Å². The van der Waals surface area contributed by atoms with Crippen LogP contribution in [0.25, 0.3) is 10.9 Å². The molecule has 3 N–H and O–H groups in total. The first-order valence-corrected chi connectivity index (χ1v) is 9.71. The summed E-state index contributed by atoms with van der Waals surface area (Å²) in [5.41, 5.74) is 3.24. The van der Waals surface area contributed by atoms with E-state index in [-0.39, 0.29) is 11.8 Å². The van der Waals surface area contributed by atoms with Gasteiger partial charge < -0.3 is 9.84 Å². The SMILES string of the molecule is CCOc1ccc([C@H](Nc2cccc[nH+]2)c2ccc3ccc(C)nc3c2O)cc1. The molecule has 4 aromatic rings. The summed E-state index contributed by atoms with van der Waals surface area (Å²) in [6, 6.07) is 21.4. The Hall–Kier alpha value is -3.60. The summed E-state index contributed by atoms with van der Waals surface area (Å²) in [4.78, 5) is 7.75. The van der Waals surface area contributed by atoms with Crippen molar-refractivity contribution in [2.24, 2.45) is 0 Å². The predicted octanol–water partition coefficient (Wildman–Crippen LogP) is 4.66. The lowest BCUT2D eigenvalue weighted by atomic mass is 9.96.